The largest absolute Gasteiger partial charge is 0.465 e. The number of carbonyl (C=O) groups excluding carboxylic acids is 2. The van der Waals surface area contributed by atoms with E-state index < -0.39 is 0 Å². The van der Waals surface area contributed by atoms with Crippen LogP contribution in [0.4, 0.5) is 0 Å². The molecule has 0 saturated heterocycles. The third-order valence-electron chi connectivity index (χ3n) is 3.50. The lowest BCUT2D eigenvalue weighted by atomic mass is 10.4. The van der Waals surface area contributed by atoms with Crippen LogP contribution in [-0.2, 0) is 19.1 Å². The standard InChI is InChI=1S/C18H24O4S6/c1-5-7-9-23-15-11(13(19)21-3)25-17(27-15)18-26-12(14(20)22-4)16(28-18)24-10-8-6-2/h5-10H2,1-4H3/b18-17+. The molecular weight excluding hydrogens is 473 g/mol. The molecule has 0 fully saturated rings. The molecule has 0 atom stereocenters. The maximum absolute atomic E-state index is 12.2. The Morgan fingerprint density at radius 1 is 0.750 bits per heavy atom. The van der Waals surface area contributed by atoms with Gasteiger partial charge in [-0.25, -0.2) is 9.59 Å². The number of hydrogen-bond acceptors (Lipinski definition) is 10. The van der Waals surface area contributed by atoms with Gasteiger partial charge in [-0.1, -0.05) is 73.7 Å². The Morgan fingerprint density at radius 2 is 1.14 bits per heavy atom. The van der Waals surface area contributed by atoms with Gasteiger partial charge in [0.15, 0.2) is 0 Å². The quantitative estimate of drug-likeness (QED) is 0.238. The Balaban J connectivity index is 2.17. The molecule has 0 N–H and O–H groups in total. The van der Waals surface area contributed by atoms with Crippen molar-refractivity contribution in [3.63, 3.8) is 0 Å². The van der Waals surface area contributed by atoms with Gasteiger partial charge < -0.3 is 9.47 Å². The molecule has 0 saturated carbocycles. The smallest absolute Gasteiger partial charge is 0.346 e. The van der Waals surface area contributed by atoms with E-state index in [1.807, 2.05) is 0 Å². The summed E-state index contributed by atoms with van der Waals surface area (Å²) in [6, 6.07) is 0. The minimum absolute atomic E-state index is 0.293. The lowest BCUT2D eigenvalue weighted by molar-refractivity contribution is -0.136. The zero-order chi connectivity index (χ0) is 20.5. The predicted octanol–water partition coefficient (Wildman–Crippen LogP) is 6.82. The summed E-state index contributed by atoms with van der Waals surface area (Å²) < 4.78 is 14.0. The minimum atomic E-state index is -0.293. The van der Waals surface area contributed by atoms with Gasteiger partial charge in [0.25, 0.3) is 0 Å². The number of hydrogen-bond donors (Lipinski definition) is 0. The summed E-state index contributed by atoms with van der Waals surface area (Å²) in [5.74, 6) is 1.37. The van der Waals surface area contributed by atoms with Gasteiger partial charge in [-0.05, 0) is 24.3 Å². The first kappa shape index (κ1) is 24.5. The highest BCUT2D eigenvalue weighted by Gasteiger charge is 2.35. The van der Waals surface area contributed by atoms with Crippen molar-refractivity contribution in [2.75, 3.05) is 25.7 Å². The molecule has 0 aromatic rings. The van der Waals surface area contributed by atoms with E-state index in [4.69, 9.17) is 9.47 Å². The molecule has 2 aliphatic heterocycles. The second-order valence-electron chi connectivity index (χ2n) is 5.60. The van der Waals surface area contributed by atoms with E-state index >= 15 is 0 Å². The summed E-state index contributed by atoms with van der Waals surface area (Å²) in [5, 5.41) is 0. The Bertz CT molecular complexity index is 640. The van der Waals surface area contributed by atoms with Crippen molar-refractivity contribution in [1.29, 1.82) is 0 Å². The van der Waals surface area contributed by atoms with Crippen molar-refractivity contribution in [1.82, 2.24) is 0 Å². The average molecular weight is 497 g/mol. The molecule has 2 rings (SSSR count). The Kier molecular flexibility index (Phi) is 11.2. The van der Waals surface area contributed by atoms with Crippen LogP contribution in [0, 0.1) is 0 Å². The van der Waals surface area contributed by atoms with Gasteiger partial charge in [0.2, 0.25) is 0 Å². The highest BCUT2D eigenvalue weighted by Crippen LogP contribution is 2.63. The number of rotatable bonds is 10. The van der Waals surface area contributed by atoms with Gasteiger partial charge in [-0.3, -0.25) is 0 Å². The fourth-order valence-corrected chi connectivity index (χ4v) is 10.8. The van der Waals surface area contributed by atoms with Gasteiger partial charge >= 0.3 is 11.9 Å². The molecule has 2 heterocycles. The van der Waals surface area contributed by atoms with Crippen molar-refractivity contribution in [2.45, 2.75) is 39.5 Å². The highest BCUT2D eigenvalue weighted by molar-refractivity contribution is 8.40. The van der Waals surface area contributed by atoms with E-state index in [0.717, 1.165) is 54.1 Å². The Hall–Kier alpha value is 0.260. The topological polar surface area (TPSA) is 52.6 Å². The highest BCUT2D eigenvalue weighted by atomic mass is 32.2. The van der Waals surface area contributed by atoms with Crippen molar-refractivity contribution < 1.29 is 19.1 Å². The summed E-state index contributed by atoms with van der Waals surface area (Å²) in [4.78, 5) is 25.8. The minimum Gasteiger partial charge on any atom is -0.465 e. The molecular formula is C18H24O4S6. The molecule has 0 unspecified atom stereocenters. The lowest BCUT2D eigenvalue weighted by Crippen LogP contribution is -2.01. The SMILES string of the molecule is CCCCSC1=C(C(=O)OC)S/C(=C2\SC(SCCCC)=C(C(=O)OC)S2)S1. The maximum atomic E-state index is 12.2. The zero-order valence-electron chi connectivity index (χ0n) is 16.3. The van der Waals surface area contributed by atoms with Crippen molar-refractivity contribution >= 4 is 82.5 Å². The van der Waals surface area contributed by atoms with Gasteiger partial charge in [-0.2, -0.15) is 0 Å². The first-order valence-electron chi connectivity index (χ1n) is 8.92. The first-order valence-corrected chi connectivity index (χ1v) is 14.2. The summed E-state index contributed by atoms with van der Waals surface area (Å²) in [7, 11) is 2.83. The molecule has 0 aliphatic carbocycles. The normalized spacial score (nSPS) is 19.6. The van der Waals surface area contributed by atoms with Crippen LogP contribution in [-0.4, -0.2) is 37.7 Å². The third-order valence-corrected chi connectivity index (χ3v) is 12.1. The van der Waals surface area contributed by atoms with Gasteiger partial charge in [0.1, 0.15) is 9.81 Å². The molecule has 0 bridgehead atoms. The van der Waals surface area contributed by atoms with Gasteiger partial charge in [-0.15, -0.1) is 23.5 Å². The van der Waals surface area contributed by atoms with Crippen molar-refractivity contribution in [3.05, 3.63) is 26.8 Å². The van der Waals surface area contributed by atoms with Crippen LogP contribution < -0.4 is 0 Å². The van der Waals surface area contributed by atoms with E-state index in [0.29, 0.717) is 9.81 Å². The summed E-state index contributed by atoms with van der Waals surface area (Å²) in [6.45, 7) is 4.31. The van der Waals surface area contributed by atoms with Gasteiger partial charge in [0.05, 0.1) is 31.2 Å². The Morgan fingerprint density at radius 3 is 1.46 bits per heavy atom. The van der Waals surface area contributed by atoms with E-state index in [9.17, 15) is 9.59 Å². The number of ether oxygens (including phenoxy) is 2. The van der Waals surface area contributed by atoms with Crippen LogP contribution in [0.1, 0.15) is 39.5 Å². The molecule has 0 aromatic heterocycles. The molecule has 4 nitrogen and oxygen atoms in total. The molecule has 156 valence electrons. The summed E-state index contributed by atoms with van der Waals surface area (Å²) in [6.07, 6.45) is 4.46. The fraction of sp³-hybridized carbons (Fsp3) is 0.556. The number of thioether (sulfide) groups is 6. The molecule has 0 aromatic carbocycles. The molecule has 10 heteroatoms. The summed E-state index contributed by atoms with van der Waals surface area (Å²) >= 11 is 9.56. The molecule has 0 radical (unpaired) electrons. The fourth-order valence-electron chi connectivity index (χ4n) is 1.98. The van der Waals surface area contributed by atoms with Crippen LogP contribution >= 0.6 is 70.6 Å². The predicted molar refractivity (Wildman–Crippen MR) is 130 cm³/mol. The Labute approximate surface area is 192 Å². The van der Waals surface area contributed by atoms with E-state index in [1.54, 1.807) is 47.0 Å². The van der Waals surface area contributed by atoms with Crippen LogP contribution in [0.25, 0.3) is 0 Å². The lowest BCUT2D eigenvalue weighted by Gasteiger charge is -2.03. The number of carbonyl (C=O) groups is 2. The number of esters is 2. The van der Waals surface area contributed by atoms with E-state index in [1.165, 1.54) is 37.7 Å². The molecule has 2 aliphatic rings. The van der Waals surface area contributed by atoms with E-state index in [2.05, 4.69) is 13.8 Å². The van der Waals surface area contributed by atoms with Gasteiger partial charge in [0, 0.05) is 0 Å². The summed E-state index contributed by atoms with van der Waals surface area (Å²) in [5.41, 5.74) is 0. The van der Waals surface area contributed by atoms with Crippen molar-refractivity contribution in [3.8, 4) is 0 Å². The van der Waals surface area contributed by atoms with E-state index in [-0.39, 0.29) is 11.9 Å². The second-order valence-corrected chi connectivity index (χ2v) is 12.9. The zero-order valence-corrected chi connectivity index (χ0v) is 21.2. The molecule has 0 spiro atoms. The number of methoxy groups -OCH3 is 2. The first-order chi connectivity index (χ1) is 13.5. The van der Waals surface area contributed by atoms with Crippen LogP contribution in [0.15, 0.2) is 26.8 Å². The third kappa shape index (κ3) is 6.63. The average Bonchev–Trinajstić information content (AvgIpc) is 3.32. The van der Waals surface area contributed by atoms with Crippen LogP contribution in [0.5, 0.6) is 0 Å². The molecule has 0 amide bonds. The molecule has 28 heavy (non-hydrogen) atoms. The van der Waals surface area contributed by atoms with Crippen LogP contribution in [0.3, 0.4) is 0 Å². The maximum Gasteiger partial charge on any atom is 0.346 e. The monoisotopic (exact) mass is 496 g/mol. The van der Waals surface area contributed by atoms with Crippen LogP contribution in [0.2, 0.25) is 0 Å². The number of unbranched alkanes of at least 4 members (excludes halogenated alkanes) is 2. The second kappa shape index (κ2) is 12.8. The van der Waals surface area contributed by atoms with Crippen molar-refractivity contribution in [2.24, 2.45) is 0 Å².